The number of aromatic nitrogens is 1. The van der Waals surface area contributed by atoms with Gasteiger partial charge in [0.25, 0.3) is 0 Å². The fraction of sp³-hybridized carbons (Fsp3) is 0.455. The predicted octanol–water partition coefficient (Wildman–Crippen LogP) is 3.69. The van der Waals surface area contributed by atoms with Crippen molar-refractivity contribution in [2.75, 3.05) is 0 Å². The number of aryl methyl sites for hydroxylation is 1. The number of nitriles is 3. The van der Waals surface area contributed by atoms with Crippen LogP contribution in [0.1, 0.15) is 37.4 Å². The minimum Gasteiger partial charge on any atom is -0.447 e. The maximum atomic E-state index is 10.4. The van der Waals surface area contributed by atoms with Gasteiger partial charge in [0.2, 0.25) is 11.7 Å². The zero-order valence-electron chi connectivity index (χ0n) is 16.0. The molecule has 3 aliphatic heterocycles. The van der Waals surface area contributed by atoms with Crippen LogP contribution in [0.3, 0.4) is 0 Å². The molecule has 7 heteroatoms. The second-order valence-corrected chi connectivity index (χ2v) is 8.20. The number of nitrogens with zero attached hydrogens (tertiary/aromatic N) is 4. The van der Waals surface area contributed by atoms with Gasteiger partial charge in [-0.05, 0) is 18.9 Å². The van der Waals surface area contributed by atoms with Crippen molar-refractivity contribution in [3.63, 3.8) is 0 Å². The highest BCUT2D eigenvalue weighted by Crippen LogP contribution is 2.69. The third-order valence-corrected chi connectivity index (χ3v) is 7.03. The van der Waals surface area contributed by atoms with Gasteiger partial charge in [-0.15, -0.1) is 0 Å². The first-order chi connectivity index (χ1) is 14.0. The third kappa shape index (κ3) is 1.81. The van der Waals surface area contributed by atoms with E-state index < -0.39 is 28.6 Å². The van der Waals surface area contributed by atoms with Gasteiger partial charge in [0.15, 0.2) is 10.8 Å². The molecule has 4 heterocycles. The van der Waals surface area contributed by atoms with Crippen molar-refractivity contribution in [3.8, 4) is 18.2 Å². The number of para-hydroxylation sites is 1. The van der Waals surface area contributed by atoms with Crippen molar-refractivity contribution in [2.45, 2.75) is 37.6 Å². The molecule has 6 rings (SSSR count). The van der Waals surface area contributed by atoms with Gasteiger partial charge in [0.05, 0.1) is 24.1 Å². The summed E-state index contributed by atoms with van der Waals surface area (Å²) in [6.07, 6.45) is 3.63. The molecule has 4 unspecified atom stereocenters. The second kappa shape index (κ2) is 5.60. The van der Waals surface area contributed by atoms with E-state index in [1.54, 1.807) is 0 Å². The molecule has 1 spiro atoms. The Morgan fingerprint density at radius 1 is 1.14 bits per heavy atom. The summed E-state index contributed by atoms with van der Waals surface area (Å²) in [6.45, 7) is 0. The van der Waals surface area contributed by atoms with Crippen LogP contribution in [0.2, 0.25) is 0 Å². The fourth-order valence-electron chi connectivity index (χ4n) is 5.70. The Morgan fingerprint density at radius 3 is 2.62 bits per heavy atom. The molecule has 144 valence electrons. The number of hydrogen-bond donors (Lipinski definition) is 1. The van der Waals surface area contributed by atoms with E-state index in [0.29, 0.717) is 18.4 Å². The molecule has 1 aromatic carbocycles. The van der Waals surface area contributed by atoms with Crippen LogP contribution in [0.25, 0.3) is 10.9 Å². The minimum absolute atomic E-state index is 0.328. The molecule has 1 aliphatic carbocycles. The SMILES string of the molecule is Cn1cc(C2OC34CCCCC3C(C#N)(C#N)C2(C#N)C(=N)O4)c2ccccc21. The zero-order valence-corrected chi connectivity index (χ0v) is 16.0. The molecule has 7 nitrogen and oxygen atoms in total. The van der Waals surface area contributed by atoms with E-state index in [2.05, 4.69) is 18.2 Å². The Bertz CT molecular complexity index is 1160. The molecule has 1 aromatic heterocycles. The van der Waals surface area contributed by atoms with Gasteiger partial charge in [0.1, 0.15) is 6.10 Å². The largest absolute Gasteiger partial charge is 0.447 e. The molecule has 4 aliphatic rings. The van der Waals surface area contributed by atoms with Gasteiger partial charge in [-0.3, -0.25) is 5.41 Å². The monoisotopic (exact) mass is 385 g/mol. The van der Waals surface area contributed by atoms with Crippen molar-refractivity contribution in [1.82, 2.24) is 4.57 Å². The lowest BCUT2D eigenvalue weighted by Crippen LogP contribution is -2.73. The van der Waals surface area contributed by atoms with Gasteiger partial charge < -0.3 is 14.0 Å². The van der Waals surface area contributed by atoms with E-state index in [1.807, 2.05) is 42.1 Å². The molecular weight excluding hydrogens is 366 g/mol. The number of fused-ring (bicyclic) bond motifs is 3. The molecule has 4 fully saturated rings. The maximum Gasteiger partial charge on any atom is 0.218 e. The summed E-state index contributed by atoms with van der Waals surface area (Å²) in [4.78, 5) is 0. The number of benzene rings is 1. The van der Waals surface area contributed by atoms with Crippen LogP contribution >= 0.6 is 0 Å². The fourth-order valence-corrected chi connectivity index (χ4v) is 5.70. The van der Waals surface area contributed by atoms with Crippen molar-refractivity contribution >= 4 is 16.8 Å². The maximum absolute atomic E-state index is 10.4. The molecule has 29 heavy (non-hydrogen) atoms. The first-order valence-electron chi connectivity index (χ1n) is 9.73. The Labute approximate surface area is 168 Å². The molecule has 1 N–H and O–H groups in total. The molecule has 3 saturated heterocycles. The number of rotatable bonds is 1. The zero-order chi connectivity index (χ0) is 20.4. The lowest BCUT2D eigenvalue weighted by molar-refractivity contribution is -0.360. The van der Waals surface area contributed by atoms with E-state index in [4.69, 9.17) is 14.9 Å². The summed E-state index contributed by atoms with van der Waals surface area (Å²) in [5.41, 5.74) is -1.89. The Hall–Kier alpha value is -3.34. The van der Waals surface area contributed by atoms with Crippen LogP contribution in [0.5, 0.6) is 0 Å². The third-order valence-electron chi connectivity index (χ3n) is 7.03. The van der Waals surface area contributed by atoms with Crippen LogP contribution < -0.4 is 0 Å². The van der Waals surface area contributed by atoms with Crippen molar-refractivity contribution in [2.24, 2.45) is 23.8 Å². The van der Waals surface area contributed by atoms with Gasteiger partial charge >= 0.3 is 0 Å². The van der Waals surface area contributed by atoms with Crippen LogP contribution in [0.15, 0.2) is 30.5 Å². The predicted molar refractivity (Wildman–Crippen MR) is 102 cm³/mol. The summed E-state index contributed by atoms with van der Waals surface area (Å²) in [7, 11) is 1.90. The van der Waals surface area contributed by atoms with E-state index in [1.165, 1.54) is 0 Å². The Kier molecular flexibility index (Phi) is 3.42. The van der Waals surface area contributed by atoms with Crippen LogP contribution in [-0.2, 0) is 16.5 Å². The summed E-state index contributed by atoms with van der Waals surface area (Å²) in [5.74, 6) is -2.12. The number of hydrogen-bond acceptors (Lipinski definition) is 6. The van der Waals surface area contributed by atoms with Crippen molar-refractivity contribution in [1.29, 1.82) is 21.2 Å². The van der Waals surface area contributed by atoms with Gasteiger partial charge in [-0.25, -0.2) is 0 Å². The van der Waals surface area contributed by atoms with Gasteiger partial charge in [0, 0.05) is 36.1 Å². The standard InChI is InChI=1S/C22H19N5O2/c1-27-10-15(14-6-2-3-7-16(14)27)18-21(13-25)19(26)29-22(28-18)9-5-4-8-17(22)20(21,11-23)12-24/h2-3,6-7,10,17-18,26H,4-5,8-9H2,1H3. The normalized spacial score (nSPS) is 34.5. The lowest BCUT2D eigenvalue weighted by atomic mass is 9.48. The first kappa shape index (κ1) is 17.7. The summed E-state index contributed by atoms with van der Waals surface area (Å²) in [6, 6.07) is 14.2. The molecule has 1 saturated carbocycles. The quantitative estimate of drug-likeness (QED) is 0.803. The van der Waals surface area contributed by atoms with Crippen molar-refractivity contribution in [3.05, 3.63) is 36.0 Å². The molecular formula is C22H19N5O2. The summed E-state index contributed by atoms with van der Waals surface area (Å²) < 4.78 is 14.4. The van der Waals surface area contributed by atoms with E-state index in [-0.39, 0.29) is 5.90 Å². The molecule has 2 bridgehead atoms. The minimum atomic E-state index is -1.83. The second-order valence-electron chi connectivity index (χ2n) is 8.20. The Balaban J connectivity index is 1.84. The van der Waals surface area contributed by atoms with Crippen LogP contribution in [-0.4, -0.2) is 16.3 Å². The van der Waals surface area contributed by atoms with E-state index in [0.717, 1.165) is 23.7 Å². The topological polar surface area (TPSA) is 119 Å². The Morgan fingerprint density at radius 2 is 1.90 bits per heavy atom. The number of nitrogens with one attached hydrogen (secondary N) is 1. The summed E-state index contributed by atoms with van der Waals surface area (Å²) >= 11 is 0. The lowest BCUT2D eigenvalue weighted by Gasteiger charge is -2.63. The first-order valence-corrected chi connectivity index (χ1v) is 9.73. The van der Waals surface area contributed by atoms with Crippen molar-refractivity contribution < 1.29 is 9.47 Å². The number of ether oxygens (including phenoxy) is 2. The van der Waals surface area contributed by atoms with E-state index >= 15 is 0 Å². The highest BCUT2D eigenvalue weighted by molar-refractivity contribution is 5.91. The molecule has 0 radical (unpaired) electrons. The average molecular weight is 385 g/mol. The van der Waals surface area contributed by atoms with Crippen LogP contribution in [0, 0.1) is 56.2 Å². The van der Waals surface area contributed by atoms with Gasteiger partial charge in [-0.1, -0.05) is 24.6 Å². The highest BCUT2D eigenvalue weighted by Gasteiger charge is 2.80. The molecule has 2 aromatic rings. The highest BCUT2D eigenvalue weighted by atomic mass is 16.7. The van der Waals surface area contributed by atoms with Gasteiger partial charge in [-0.2, -0.15) is 15.8 Å². The summed E-state index contributed by atoms with van der Waals surface area (Å²) in [5, 5.41) is 40.4. The molecule has 0 amide bonds. The molecule has 4 atom stereocenters. The van der Waals surface area contributed by atoms with Crippen LogP contribution in [0.4, 0.5) is 0 Å². The van der Waals surface area contributed by atoms with E-state index in [9.17, 15) is 15.8 Å². The average Bonchev–Trinajstić information content (AvgIpc) is 3.08. The smallest absolute Gasteiger partial charge is 0.218 e.